The fourth-order valence-corrected chi connectivity index (χ4v) is 3.59. The number of nitrogens with zero attached hydrogens (tertiary/aromatic N) is 3. The molecule has 0 atom stereocenters. The zero-order valence-corrected chi connectivity index (χ0v) is 19.4. The largest absolute Gasteiger partial charge is 0.485 e. The first-order valence-electron chi connectivity index (χ1n) is 10.7. The number of nitrogens with two attached hydrogens (primary N) is 1. The number of pyridine rings is 1. The maximum Gasteiger partial charge on any atom is 0.410 e. The van der Waals surface area contributed by atoms with E-state index in [0.29, 0.717) is 37.6 Å². The van der Waals surface area contributed by atoms with E-state index < -0.39 is 11.1 Å². The minimum Gasteiger partial charge on any atom is -0.485 e. The van der Waals surface area contributed by atoms with Gasteiger partial charge in [0.2, 0.25) is 0 Å². The van der Waals surface area contributed by atoms with Crippen molar-refractivity contribution in [3.8, 4) is 5.75 Å². The second kappa shape index (κ2) is 9.06. The molecule has 1 aromatic heterocycles. The van der Waals surface area contributed by atoms with E-state index in [1.165, 1.54) is 6.20 Å². The molecule has 2 amide bonds. The smallest absolute Gasteiger partial charge is 0.410 e. The Morgan fingerprint density at radius 3 is 2.47 bits per heavy atom. The summed E-state index contributed by atoms with van der Waals surface area (Å²) < 4.78 is 11.3. The number of hydrogen-bond acceptors (Lipinski definition) is 6. The van der Waals surface area contributed by atoms with Crippen molar-refractivity contribution in [2.45, 2.75) is 52.4 Å². The van der Waals surface area contributed by atoms with E-state index in [1.807, 2.05) is 65.0 Å². The van der Waals surface area contributed by atoms with Gasteiger partial charge in [-0.3, -0.25) is 4.79 Å². The number of hydrogen-bond donors (Lipinski definition) is 1. The van der Waals surface area contributed by atoms with Crippen LogP contribution in [0, 0.1) is 0 Å². The average molecular weight is 441 g/mol. The minimum atomic E-state index is -0.585. The molecule has 0 aliphatic carbocycles. The molecule has 8 nitrogen and oxygen atoms in total. The van der Waals surface area contributed by atoms with Gasteiger partial charge in [0.05, 0.1) is 11.1 Å². The van der Waals surface area contributed by atoms with Crippen molar-refractivity contribution >= 4 is 17.8 Å². The molecule has 32 heavy (non-hydrogen) atoms. The van der Waals surface area contributed by atoms with Crippen LogP contribution in [0.15, 0.2) is 42.6 Å². The van der Waals surface area contributed by atoms with Crippen molar-refractivity contribution in [3.05, 3.63) is 53.7 Å². The standard InChI is InChI=1S/C24H32N4O4/c1-23(2,3)32-22(30)27-11-12-28(24(4,5)16-27)21(29)18-13-19(20(25)26-14-18)31-15-17-9-7-6-8-10-17/h6-10,13-14H,11-12,15-16H2,1-5H3,(H2,25,26). The van der Waals surface area contributed by atoms with Gasteiger partial charge in [0, 0.05) is 25.8 Å². The summed E-state index contributed by atoms with van der Waals surface area (Å²) in [7, 11) is 0. The highest BCUT2D eigenvalue weighted by molar-refractivity contribution is 5.95. The lowest BCUT2D eigenvalue weighted by atomic mass is 9.97. The van der Waals surface area contributed by atoms with E-state index in [4.69, 9.17) is 15.2 Å². The summed E-state index contributed by atoms with van der Waals surface area (Å²) in [5, 5.41) is 0. The zero-order chi connectivity index (χ0) is 23.5. The third-order valence-electron chi connectivity index (χ3n) is 5.16. The fraction of sp³-hybridized carbons (Fsp3) is 0.458. The molecule has 2 N–H and O–H groups in total. The van der Waals surface area contributed by atoms with Crippen molar-refractivity contribution in [1.82, 2.24) is 14.8 Å². The van der Waals surface area contributed by atoms with Crippen LogP contribution in [0.3, 0.4) is 0 Å². The lowest BCUT2D eigenvalue weighted by Gasteiger charge is -2.47. The Balaban J connectivity index is 1.71. The number of piperazine rings is 1. The van der Waals surface area contributed by atoms with Crippen LogP contribution in [0.4, 0.5) is 10.6 Å². The van der Waals surface area contributed by atoms with Crippen LogP contribution in [0.25, 0.3) is 0 Å². The van der Waals surface area contributed by atoms with E-state index in [1.54, 1.807) is 15.9 Å². The predicted molar refractivity (Wildman–Crippen MR) is 122 cm³/mol. The third kappa shape index (κ3) is 5.69. The van der Waals surface area contributed by atoms with Crippen LogP contribution >= 0.6 is 0 Å². The van der Waals surface area contributed by atoms with E-state index in [-0.39, 0.29) is 17.8 Å². The van der Waals surface area contributed by atoms with Gasteiger partial charge in [-0.25, -0.2) is 9.78 Å². The molecule has 1 aliphatic heterocycles. The Kier molecular flexibility index (Phi) is 6.62. The molecular formula is C24H32N4O4. The van der Waals surface area contributed by atoms with Gasteiger partial charge >= 0.3 is 6.09 Å². The van der Waals surface area contributed by atoms with Gasteiger partial charge in [0.15, 0.2) is 11.6 Å². The van der Waals surface area contributed by atoms with Gasteiger partial charge in [0.25, 0.3) is 5.91 Å². The summed E-state index contributed by atoms with van der Waals surface area (Å²) in [5.74, 6) is 0.410. The lowest BCUT2D eigenvalue weighted by molar-refractivity contribution is -0.0109. The number of rotatable bonds is 4. The van der Waals surface area contributed by atoms with Crippen LogP contribution in [-0.4, -0.2) is 57.6 Å². The first-order chi connectivity index (χ1) is 15.0. The van der Waals surface area contributed by atoms with Gasteiger partial charge < -0.3 is 25.0 Å². The molecule has 1 aromatic carbocycles. The van der Waals surface area contributed by atoms with Crippen molar-refractivity contribution in [2.24, 2.45) is 0 Å². The Bertz CT molecular complexity index is 970. The second-order valence-corrected chi connectivity index (χ2v) is 9.55. The molecule has 8 heteroatoms. The monoisotopic (exact) mass is 440 g/mol. The number of nitrogen functional groups attached to an aromatic ring is 1. The predicted octanol–water partition coefficient (Wildman–Crippen LogP) is 3.71. The summed E-state index contributed by atoms with van der Waals surface area (Å²) in [6, 6.07) is 11.3. The molecule has 0 spiro atoms. The topological polar surface area (TPSA) is 98.0 Å². The molecule has 172 valence electrons. The molecule has 3 rings (SSSR count). The molecule has 0 radical (unpaired) electrons. The van der Waals surface area contributed by atoms with E-state index in [0.717, 1.165) is 5.56 Å². The Morgan fingerprint density at radius 2 is 1.84 bits per heavy atom. The van der Waals surface area contributed by atoms with Gasteiger partial charge in [-0.2, -0.15) is 0 Å². The van der Waals surface area contributed by atoms with Crippen molar-refractivity contribution in [3.63, 3.8) is 0 Å². The number of carbonyl (C=O) groups excluding carboxylic acids is 2. The Hall–Kier alpha value is -3.29. The number of ether oxygens (including phenoxy) is 2. The van der Waals surface area contributed by atoms with Crippen molar-refractivity contribution < 1.29 is 19.1 Å². The molecule has 0 bridgehead atoms. The number of benzene rings is 1. The van der Waals surface area contributed by atoms with Crippen LogP contribution in [-0.2, 0) is 11.3 Å². The van der Waals surface area contributed by atoms with Crippen LogP contribution < -0.4 is 10.5 Å². The number of aromatic nitrogens is 1. The fourth-order valence-electron chi connectivity index (χ4n) is 3.59. The van der Waals surface area contributed by atoms with Crippen LogP contribution in [0.2, 0.25) is 0 Å². The number of anilines is 1. The van der Waals surface area contributed by atoms with Crippen LogP contribution in [0.5, 0.6) is 5.75 Å². The lowest BCUT2D eigenvalue weighted by Crippen LogP contribution is -2.62. The van der Waals surface area contributed by atoms with Crippen LogP contribution in [0.1, 0.15) is 50.5 Å². The second-order valence-electron chi connectivity index (χ2n) is 9.55. The molecule has 2 aromatic rings. The van der Waals surface area contributed by atoms with Crippen molar-refractivity contribution in [1.29, 1.82) is 0 Å². The molecule has 1 saturated heterocycles. The summed E-state index contributed by atoms with van der Waals surface area (Å²) in [6.07, 6.45) is 1.09. The quantitative estimate of drug-likeness (QED) is 0.778. The molecular weight excluding hydrogens is 408 g/mol. The van der Waals surface area contributed by atoms with E-state index in [2.05, 4.69) is 4.98 Å². The maximum absolute atomic E-state index is 13.3. The summed E-state index contributed by atoms with van der Waals surface area (Å²) >= 11 is 0. The van der Waals surface area contributed by atoms with Crippen molar-refractivity contribution in [2.75, 3.05) is 25.4 Å². The minimum absolute atomic E-state index is 0.184. The third-order valence-corrected chi connectivity index (χ3v) is 5.16. The summed E-state index contributed by atoms with van der Waals surface area (Å²) in [5.41, 5.74) is 6.19. The van der Waals surface area contributed by atoms with Gasteiger partial charge in [-0.05, 0) is 46.2 Å². The summed E-state index contributed by atoms with van der Waals surface area (Å²) in [6.45, 7) is 10.8. The highest BCUT2D eigenvalue weighted by Gasteiger charge is 2.40. The highest BCUT2D eigenvalue weighted by Crippen LogP contribution is 2.27. The zero-order valence-electron chi connectivity index (χ0n) is 19.4. The Labute approximate surface area is 189 Å². The number of amides is 2. The molecule has 1 aliphatic rings. The normalized spacial score (nSPS) is 15.9. The Morgan fingerprint density at radius 1 is 1.16 bits per heavy atom. The van der Waals surface area contributed by atoms with Gasteiger partial charge in [-0.15, -0.1) is 0 Å². The SMILES string of the molecule is CC(C)(C)OC(=O)N1CCN(C(=O)c2cnc(N)c(OCc3ccccc3)c2)C(C)(C)C1. The highest BCUT2D eigenvalue weighted by atomic mass is 16.6. The van der Waals surface area contributed by atoms with E-state index >= 15 is 0 Å². The first-order valence-corrected chi connectivity index (χ1v) is 10.7. The number of carbonyl (C=O) groups is 2. The van der Waals surface area contributed by atoms with Gasteiger partial charge in [0.1, 0.15) is 12.2 Å². The van der Waals surface area contributed by atoms with E-state index in [9.17, 15) is 9.59 Å². The maximum atomic E-state index is 13.3. The average Bonchev–Trinajstić information content (AvgIpc) is 2.71. The van der Waals surface area contributed by atoms with Gasteiger partial charge in [-0.1, -0.05) is 30.3 Å². The summed E-state index contributed by atoms with van der Waals surface area (Å²) in [4.78, 5) is 33.3. The molecule has 1 fully saturated rings. The molecule has 0 saturated carbocycles. The molecule has 0 unspecified atom stereocenters. The molecule has 2 heterocycles. The first kappa shape index (κ1) is 23.4.